The number of ether oxygens (including phenoxy) is 1. The molecule has 0 bridgehead atoms. The molecule has 0 heterocycles. The lowest BCUT2D eigenvalue weighted by atomic mass is 9.85. The number of hydrogen-bond acceptors (Lipinski definition) is 7. The van der Waals surface area contributed by atoms with Crippen LogP contribution in [0.15, 0.2) is 39.9 Å². The van der Waals surface area contributed by atoms with Crippen molar-refractivity contribution >= 4 is 38.7 Å². The number of fused-ring (bicyclic) bond motifs is 1. The Labute approximate surface area is 150 Å². The van der Waals surface area contributed by atoms with Crippen LogP contribution in [-0.2, 0) is 6.42 Å². The lowest BCUT2D eigenvalue weighted by Crippen LogP contribution is -3.00. The molecule has 0 fully saturated rings. The molecule has 132 valence electrons. The van der Waals surface area contributed by atoms with Gasteiger partial charge >= 0.3 is 0 Å². The molecule has 1 aliphatic rings. The summed E-state index contributed by atoms with van der Waals surface area (Å²) in [4.78, 5) is 0. The van der Waals surface area contributed by atoms with Crippen LogP contribution in [0.2, 0.25) is 0 Å². The lowest BCUT2D eigenvalue weighted by Gasteiger charge is -2.25. The van der Waals surface area contributed by atoms with Gasteiger partial charge in [-0.3, -0.25) is 5.43 Å². The van der Waals surface area contributed by atoms with Crippen molar-refractivity contribution in [1.82, 2.24) is 0 Å². The summed E-state index contributed by atoms with van der Waals surface area (Å²) < 4.78 is 6.29. The molecule has 5 N–H and O–H groups in total. The number of hydrogen-bond donors (Lipinski definition) is 5. The van der Waals surface area contributed by atoms with Crippen LogP contribution in [0.4, 0.5) is 17.1 Å². The van der Waals surface area contributed by atoms with Crippen LogP contribution in [0, 0.1) is 10.4 Å². The maximum Gasteiger partial charge on any atom is 0.195 e. The molecule has 2 atom stereocenters. The highest BCUT2D eigenvalue weighted by molar-refractivity contribution is 9.10. The smallest absolute Gasteiger partial charge is 0.195 e. The largest absolute Gasteiger partial charge is 0.595 e. The summed E-state index contributed by atoms with van der Waals surface area (Å²) in [6.07, 6.45) is 0.607. The van der Waals surface area contributed by atoms with Crippen LogP contribution in [-0.4, -0.2) is 23.2 Å². The lowest BCUT2D eigenvalue weighted by molar-refractivity contribution is -0.996. The van der Waals surface area contributed by atoms with Crippen LogP contribution >= 0.6 is 15.9 Å². The summed E-state index contributed by atoms with van der Waals surface area (Å²) in [5.74, 6) is 0.685. The van der Waals surface area contributed by atoms with Crippen LogP contribution in [0.1, 0.15) is 11.1 Å². The van der Waals surface area contributed by atoms with Gasteiger partial charge in [-0.05, 0) is 23.8 Å². The summed E-state index contributed by atoms with van der Waals surface area (Å²) in [5.41, 5.74) is 5.33. The molecule has 0 aromatic heterocycles. The fourth-order valence-electron chi connectivity index (χ4n) is 2.58. The summed E-state index contributed by atoms with van der Waals surface area (Å²) in [6, 6.07) is 7.52. The molecule has 10 heteroatoms. The number of nitrogens with zero attached hydrogens (tertiary/aromatic N) is 1. The maximum atomic E-state index is 11.4. The average Bonchev–Trinajstić information content (AvgIpc) is 2.56. The molecule has 2 aromatic rings. The van der Waals surface area contributed by atoms with E-state index in [1.807, 2.05) is 12.1 Å². The molecule has 0 radical (unpaired) electrons. The van der Waals surface area contributed by atoms with E-state index < -0.39 is 10.5 Å². The second kappa shape index (κ2) is 7.06. The SMILES string of the molecule is COc1ccc(Br)c2c1C(=NNc1ccc([NH+]([O-])O)cc1[NH+]([O-])O)C2. The number of methoxy groups -OCH3 is 1. The highest BCUT2D eigenvalue weighted by Crippen LogP contribution is 2.37. The number of benzene rings is 2. The molecule has 0 spiro atoms. The number of quaternary nitrogens is 2. The third kappa shape index (κ3) is 3.37. The van der Waals surface area contributed by atoms with Crippen molar-refractivity contribution in [3.63, 3.8) is 0 Å². The maximum absolute atomic E-state index is 11.4. The van der Waals surface area contributed by atoms with Crippen LogP contribution in [0.3, 0.4) is 0 Å². The molecule has 0 saturated carbocycles. The molecule has 0 amide bonds. The number of halogens is 1. The number of hydrazone groups is 1. The minimum absolute atomic E-state index is 0.102. The standard InChI is InChI=1S/C15H15BrN4O5/c1-25-14-5-3-10(16)9-7-12(15(9)14)18-17-11-4-2-8(19(21)22)6-13(11)20(23)24/h2-6,17,19-21,23H,7H2,1H3. The van der Waals surface area contributed by atoms with Gasteiger partial charge in [0.2, 0.25) is 0 Å². The van der Waals surface area contributed by atoms with E-state index in [2.05, 4.69) is 26.5 Å². The molecule has 25 heavy (non-hydrogen) atoms. The van der Waals surface area contributed by atoms with Gasteiger partial charge in [-0.15, -0.1) is 0 Å². The average molecular weight is 411 g/mol. The molecule has 9 nitrogen and oxygen atoms in total. The molecule has 0 saturated heterocycles. The van der Waals surface area contributed by atoms with Crippen molar-refractivity contribution in [3.05, 3.63) is 56.3 Å². The fourth-order valence-corrected chi connectivity index (χ4v) is 3.05. The number of nitrogens with one attached hydrogen (secondary N) is 3. The van der Waals surface area contributed by atoms with Crippen LogP contribution in [0.25, 0.3) is 0 Å². The Morgan fingerprint density at radius 1 is 1.20 bits per heavy atom. The molecule has 2 aromatic carbocycles. The van der Waals surface area contributed by atoms with Crippen molar-refractivity contribution in [2.24, 2.45) is 5.10 Å². The third-order valence-electron chi connectivity index (χ3n) is 3.88. The second-order valence-electron chi connectivity index (χ2n) is 5.32. The zero-order chi connectivity index (χ0) is 18.1. The summed E-state index contributed by atoms with van der Waals surface area (Å²) in [6.45, 7) is 0. The summed E-state index contributed by atoms with van der Waals surface area (Å²) >= 11 is 3.47. The van der Waals surface area contributed by atoms with E-state index in [0.29, 0.717) is 12.2 Å². The Bertz CT molecular complexity index is 841. The zero-order valence-corrected chi connectivity index (χ0v) is 14.6. The zero-order valence-electron chi connectivity index (χ0n) is 13.0. The molecule has 3 rings (SSSR count). The van der Waals surface area contributed by atoms with Crippen molar-refractivity contribution in [2.75, 3.05) is 12.5 Å². The van der Waals surface area contributed by atoms with E-state index in [1.165, 1.54) is 12.1 Å². The quantitative estimate of drug-likeness (QED) is 0.460. The van der Waals surface area contributed by atoms with E-state index in [1.54, 1.807) is 7.11 Å². The fraction of sp³-hybridized carbons (Fsp3) is 0.133. The number of anilines is 1. The normalized spacial score (nSPS) is 16.8. The Hall–Kier alpha value is -2.05. The van der Waals surface area contributed by atoms with Crippen LogP contribution in [0.5, 0.6) is 5.75 Å². The van der Waals surface area contributed by atoms with Crippen molar-refractivity contribution in [3.8, 4) is 5.75 Å². The Kier molecular flexibility index (Phi) is 5.01. The Morgan fingerprint density at radius 3 is 2.60 bits per heavy atom. The van der Waals surface area contributed by atoms with Crippen LogP contribution < -0.4 is 20.6 Å². The van der Waals surface area contributed by atoms with E-state index in [-0.39, 0.29) is 17.1 Å². The Morgan fingerprint density at radius 2 is 1.96 bits per heavy atom. The van der Waals surface area contributed by atoms with Crippen molar-refractivity contribution < 1.29 is 25.6 Å². The highest BCUT2D eigenvalue weighted by Gasteiger charge is 2.28. The molecule has 1 aliphatic carbocycles. The first kappa shape index (κ1) is 17.8. The highest BCUT2D eigenvalue weighted by atomic mass is 79.9. The van der Waals surface area contributed by atoms with Crippen molar-refractivity contribution in [2.45, 2.75) is 6.42 Å². The molecule has 0 aliphatic heterocycles. The second-order valence-corrected chi connectivity index (χ2v) is 6.18. The topological polar surface area (TPSA) is 129 Å². The van der Waals surface area contributed by atoms with E-state index in [9.17, 15) is 15.6 Å². The van der Waals surface area contributed by atoms with E-state index >= 15 is 0 Å². The van der Waals surface area contributed by atoms with Gasteiger partial charge in [0.15, 0.2) is 11.4 Å². The van der Waals surface area contributed by atoms with Gasteiger partial charge in [0, 0.05) is 22.5 Å². The summed E-state index contributed by atoms with van der Waals surface area (Å²) in [7, 11) is 1.57. The molecular weight excluding hydrogens is 396 g/mol. The third-order valence-corrected chi connectivity index (χ3v) is 4.62. The van der Waals surface area contributed by atoms with Gasteiger partial charge in [-0.1, -0.05) is 15.9 Å². The predicted octanol–water partition coefficient (Wildman–Crippen LogP) is 0.637. The first-order valence-corrected chi connectivity index (χ1v) is 8.00. The van der Waals surface area contributed by atoms with Gasteiger partial charge < -0.3 is 15.2 Å². The van der Waals surface area contributed by atoms with E-state index in [0.717, 1.165) is 27.4 Å². The predicted molar refractivity (Wildman–Crippen MR) is 92.6 cm³/mol. The minimum atomic E-state index is -1.24. The van der Waals surface area contributed by atoms with Crippen molar-refractivity contribution in [1.29, 1.82) is 0 Å². The Balaban J connectivity index is 1.90. The monoisotopic (exact) mass is 410 g/mol. The summed E-state index contributed by atoms with van der Waals surface area (Å²) in [5, 5.41) is 42.4. The molecule has 2 unspecified atom stereocenters. The van der Waals surface area contributed by atoms with Gasteiger partial charge in [0.25, 0.3) is 0 Å². The van der Waals surface area contributed by atoms with Gasteiger partial charge in [-0.2, -0.15) is 15.6 Å². The number of rotatable bonds is 5. The van der Waals surface area contributed by atoms with E-state index in [4.69, 9.17) is 9.94 Å². The van der Waals surface area contributed by atoms with Gasteiger partial charge in [0.1, 0.15) is 11.4 Å². The van der Waals surface area contributed by atoms with Gasteiger partial charge in [0.05, 0.1) is 18.9 Å². The minimum Gasteiger partial charge on any atom is -0.595 e. The van der Waals surface area contributed by atoms with Gasteiger partial charge in [-0.25, -0.2) is 10.4 Å². The molecular formula is C15H15BrN4O5. The first-order valence-electron chi connectivity index (χ1n) is 7.21. The first-order chi connectivity index (χ1) is 11.9.